The zero-order valence-corrected chi connectivity index (χ0v) is 11.8. The number of methoxy groups -OCH3 is 1. The second-order valence-electron chi connectivity index (χ2n) is 4.64. The number of hydrogen-bond donors (Lipinski definition) is 1. The number of ether oxygens (including phenoxy) is 1. The topological polar surface area (TPSA) is 21.3 Å². The van der Waals surface area contributed by atoms with Gasteiger partial charge in [0.05, 0.1) is 7.11 Å². The van der Waals surface area contributed by atoms with Gasteiger partial charge in [0.2, 0.25) is 0 Å². The molecule has 2 aromatic rings. The van der Waals surface area contributed by atoms with Gasteiger partial charge in [-0.3, -0.25) is 0 Å². The number of anilines is 1. The molecule has 4 heteroatoms. The summed E-state index contributed by atoms with van der Waals surface area (Å²) in [5, 5.41) is 3.05. The quantitative estimate of drug-likeness (QED) is 0.904. The molecule has 2 aromatic carbocycles. The second kappa shape index (κ2) is 5.90. The van der Waals surface area contributed by atoms with E-state index in [-0.39, 0.29) is 12.1 Å². The van der Waals surface area contributed by atoms with E-state index < -0.39 is 11.6 Å². The molecule has 0 bridgehead atoms. The predicted octanol–water partition coefficient (Wildman–Crippen LogP) is 4.20. The average molecular weight is 277 g/mol. The molecule has 0 amide bonds. The number of benzene rings is 2. The highest BCUT2D eigenvalue weighted by Crippen LogP contribution is 2.29. The second-order valence-corrected chi connectivity index (χ2v) is 4.64. The largest absolute Gasteiger partial charge is 0.496 e. The molecule has 0 aliphatic heterocycles. The van der Waals surface area contributed by atoms with Crippen LogP contribution < -0.4 is 10.1 Å². The molecule has 0 unspecified atom stereocenters. The van der Waals surface area contributed by atoms with Crippen LogP contribution in [-0.4, -0.2) is 7.11 Å². The third kappa shape index (κ3) is 2.74. The number of halogens is 2. The van der Waals surface area contributed by atoms with Crippen LogP contribution in [0.1, 0.15) is 16.7 Å². The van der Waals surface area contributed by atoms with Crippen LogP contribution in [-0.2, 0) is 6.54 Å². The number of rotatable bonds is 4. The van der Waals surface area contributed by atoms with E-state index in [9.17, 15) is 8.78 Å². The van der Waals surface area contributed by atoms with E-state index in [0.29, 0.717) is 0 Å². The minimum absolute atomic E-state index is 0.0337. The van der Waals surface area contributed by atoms with Crippen molar-refractivity contribution in [2.75, 3.05) is 12.4 Å². The van der Waals surface area contributed by atoms with Crippen molar-refractivity contribution in [3.63, 3.8) is 0 Å². The first-order valence-electron chi connectivity index (χ1n) is 6.35. The van der Waals surface area contributed by atoms with Crippen LogP contribution in [0.3, 0.4) is 0 Å². The van der Waals surface area contributed by atoms with Crippen LogP contribution in [0.5, 0.6) is 5.75 Å². The molecule has 2 rings (SSSR count). The van der Waals surface area contributed by atoms with E-state index in [1.807, 2.05) is 26.0 Å². The maximum atomic E-state index is 13.6. The van der Waals surface area contributed by atoms with Crippen molar-refractivity contribution >= 4 is 5.69 Å². The fourth-order valence-corrected chi connectivity index (χ4v) is 2.22. The van der Waals surface area contributed by atoms with Crippen LogP contribution in [0.25, 0.3) is 0 Å². The van der Waals surface area contributed by atoms with E-state index in [4.69, 9.17) is 4.74 Å². The zero-order valence-electron chi connectivity index (χ0n) is 11.8. The van der Waals surface area contributed by atoms with Crippen molar-refractivity contribution in [3.8, 4) is 5.75 Å². The lowest BCUT2D eigenvalue weighted by molar-refractivity contribution is 0.409. The van der Waals surface area contributed by atoms with Crippen LogP contribution in [0, 0.1) is 25.5 Å². The molecule has 0 fully saturated rings. The first-order valence-corrected chi connectivity index (χ1v) is 6.35. The lowest BCUT2D eigenvalue weighted by atomic mass is 10.1. The smallest absolute Gasteiger partial charge is 0.131 e. The maximum Gasteiger partial charge on any atom is 0.131 e. The van der Waals surface area contributed by atoms with Gasteiger partial charge in [-0.25, -0.2) is 8.78 Å². The molecule has 0 radical (unpaired) electrons. The molecule has 20 heavy (non-hydrogen) atoms. The summed E-state index contributed by atoms with van der Waals surface area (Å²) in [7, 11) is 1.61. The molecule has 0 aliphatic rings. The average Bonchev–Trinajstić information content (AvgIpc) is 2.41. The highest BCUT2D eigenvalue weighted by molar-refractivity contribution is 5.59. The summed E-state index contributed by atoms with van der Waals surface area (Å²) < 4.78 is 32.4. The molecule has 0 aromatic heterocycles. The molecule has 0 saturated heterocycles. The minimum Gasteiger partial charge on any atom is -0.496 e. The van der Waals surface area contributed by atoms with E-state index >= 15 is 0 Å². The fraction of sp³-hybridized carbons (Fsp3) is 0.250. The highest BCUT2D eigenvalue weighted by atomic mass is 19.1. The van der Waals surface area contributed by atoms with E-state index in [0.717, 1.165) is 22.6 Å². The third-order valence-electron chi connectivity index (χ3n) is 3.32. The molecule has 0 atom stereocenters. The lowest BCUT2D eigenvalue weighted by Crippen LogP contribution is -2.06. The van der Waals surface area contributed by atoms with Crippen molar-refractivity contribution in [2.45, 2.75) is 20.4 Å². The van der Waals surface area contributed by atoms with Crippen molar-refractivity contribution in [3.05, 3.63) is 58.7 Å². The Kier molecular flexibility index (Phi) is 4.23. The Morgan fingerprint density at radius 1 is 1.05 bits per heavy atom. The Balaban J connectivity index is 2.24. The molecule has 106 valence electrons. The monoisotopic (exact) mass is 277 g/mol. The van der Waals surface area contributed by atoms with Crippen LogP contribution in [0.2, 0.25) is 0 Å². The van der Waals surface area contributed by atoms with Gasteiger partial charge < -0.3 is 10.1 Å². The molecule has 2 nitrogen and oxygen atoms in total. The van der Waals surface area contributed by atoms with Crippen molar-refractivity contribution < 1.29 is 13.5 Å². The summed E-state index contributed by atoms with van der Waals surface area (Å²) >= 11 is 0. The van der Waals surface area contributed by atoms with Gasteiger partial charge in [0.25, 0.3) is 0 Å². The van der Waals surface area contributed by atoms with Gasteiger partial charge in [-0.1, -0.05) is 12.1 Å². The van der Waals surface area contributed by atoms with Crippen LogP contribution >= 0.6 is 0 Å². The fourth-order valence-electron chi connectivity index (χ4n) is 2.22. The predicted molar refractivity (Wildman–Crippen MR) is 76.2 cm³/mol. The molecule has 0 saturated carbocycles. The van der Waals surface area contributed by atoms with E-state index in [1.54, 1.807) is 7.11 Å². The van der Waals surface area contributed by atoms with Crippen molar-refractivity contribution in [2.24, 2.45) is 0 Å². The van der Waals surface area contributed by atoms with Gasteiger partial charge in [0.1, 0.15) is 17.4 Å². The summed E-state index contributed by atoms with van der Waals surface area (Å²) in [5.74, 6) is -0.313. The van der Waals surface area contributed by atoms with Crippen LogP contribution in [0.15, 0.2) is 30.3 Å². The normalized spacial score (nSPS) is 10.4. The Morgan fingerprint density at radius 3 is 2.30 bits per heavy atom. The van der Waals surface area contributed by atoms with Crippen LogP contribution in [0.4, 0.5) is 14.5 Å². The summed E-state index contributed by atoms with van der Waals surface area (Å²) in [6.07, 6.45) is 0. The Bertz CT molecular complexity index is 606. The summed E-state index contributed by atoms with van der Waals surface area (Å²) in [6.45, 7) is 3.95. The third-order valence-corrected chi connectivity index (χ3v) is 3.32. The summed E-state index contributed by atoms with van der Waals surface area (Å²) in [6, 6.07) is 7.65. The van der Waals surface area contributed by atoms with Crippen molar-refractivity contribution in [1.82, 2.24) is 0 Å². The zero-order chi connectivity index (χ0) is 14.7. The molecule has 1 N–H and O–H groups in total. The van der Waals surface area contributed by atoms with Gasteiger partial charge in [0.15, 0.2) is 0 Å². The summed E-state index contributed by atoms with van der Waals surface area (Å²) in [5.41, 5.74) is 2.78. The maximum absolute atomic E-state index is 13.6. The lowest BCUT2D eigenvalue weighted by Gasteiger charge is -2.15. The van der Waals surface area contributed by atoms with Crippen molar-refractivity contribution in [1.29, 1.82) is 0 Å². The number of nitrogens with one attached hydrogen (secondary N) is 1. The standard InChI is InChI=1S/C16H17F2NO/c1-10-7-8-15(11(2)16(10)20-3)19-9-12-13(17)5-4-6-14(12)18/h4-8,19H,9H2,1-3H3. The number of hydrogen-bond acceptors (Lipinski definition) is 2. The molecule has 0 spiro atoms. The highest BCUT2D eigenvalue weighted by Gasteiger charge is 2.11. The first kappa shape index (κ1) is 14.3. The Morgan fingerprint density at radius 2 is 1.70 bits per heavy atom. The van der Waals surface area contributed by atoms with E-state index in [1.165, 1.54) is 18.2 Å². The number of aryl methyl sites for hydroxylation is 1. The van der Waals surface area contributed by atoms with Gasteiger partial charge in [-0.15, -0.1) is 0 Å². The minimum atomic E-state index is -0.547. The molecule has 0 heterocycles. The van der Waals surface area contributed by atoms with Gasteiger partial charge >= 0.3 is 0 Å². The molecule has 0 aliphatic carbocycles. The van der Waals surface area contributed by atoms with Gasteiger partial charge in [-0.05, 0) is 37.6 Å². The Labute approximate surface area is 117 Å². The van der Waals surface area contributed by atoms with E-state index in [2.05, 4.69) is 5.32 Å². The van der Waals surface area contributed by atoms with Gasteiger partial charge in [0, 0.05) is 23.4 Å². The van der Waals surface area contributed by atoms with Gasteiger partial charge in [-0.2, -0.15) is 0 Å². The Hall–Kier alpha value is -2.10. The summed E-state index contributed by atoms with van der Waals surface area (Å²) in [4.78, 5) is 0. The SMILES string of the molecule is COc1c(C)ccc(NCc2c(F)cccc2F)c1C. The first-order chi connectivity index (χ1) is 9.54. The molecular formula is C16H17F2NO. The molecular weight excluding hydrogens is 260 g/mol.